The molecule has 1 fully saturated rings. The first-order valence-corrected chi connectivity index (χ1v) is 7.56. The zero-order chi connectivity index (χ0) is 14.4. The topological polar surface area (TPSA) is 80.2 Å². The monoisotopic (exact) mass is 300 g/mol. The molecule has 1 aromatic heterocycles. The molecule has 0 bridgehead atoms. The lowest BCUT2D eigenvalue weighted by atomic mass is 10.1. The number of nitrogens with one attached hydrogen (secondary N) is 1. The number of aromatic nitrogens is 3. The van der Waals surface area contributed by atoms with Crippen molar-refractivity contribution in [2.45, 2.75) is 57.6 Å². The highest BCUT2D eigenvalue weighted by atomic mass is 35.5. The maximum atomic E-state index is 10.1. The molecule has 20 heavy (non-hydrogen) atoms. The summed E-state index contributed by atoms with van der Waals surface area (Å²) < 4.78 is 5.37. The lowest BCUT2D eigenvalue weighted by Crippen LogP contribution is -2.33. The number of halogens is 1. The van der Waals surface area contributed by atoms with Gasteiger partial charge in [0.15, 0.2) is 0 Å². The minimum absolute atomic E-state index is 0.0463. The van der Waals surface area contributed by atoms with Crippen LogP contribution in [0.4, 0.5) is 5.95 Å². The van der Waals surface area contributed by atoms with Crippen molar-refractivity contribution >= 4 is 17.5 Å². The van der Waals surface area contributed by atoms with E-state index in [1.165, 1.54) is 0 Å². The van der Waals surface area contributed by atoms with Gasteiger partial charge in [-0.2, -0.15) is 15.0 Å². The van der Waals surface area contributed by atoms with Crippen LogP contribution in [0.1, 0.15) is 45.4 Å². The second kappa shape index (κ2) is 7.59. The third-order valence-corrected chi connectivity index (χ3v) is 3.49. The van der Waals surface area contributed by atoms with Crippen LogP contribution in [0.3, 0.4) is 0 Å². The van der Waals surface area contributed by atoms with Gasteiger partial charge >= 0.3 is 6.01 Å². The summed E-state index contributed by atoms with van der Waals surface area (Å²) in [4.78, 5) is 12.1. The Morgan fingerprint density at radius 3 is 2.85 bits per heavy atom. The predicted octanol–water partition coefficient (Wildman–Crippen LogP) is 2.42. The number of aliphatic hydroxyl groups is 1. The molecule has 2 rings (SSSR count). The molecule has 0 aromatic carbocycles. The Labute approximate surface area is 123 Å². The van der Waals surface area contributed by atoms with Gasteiger partial charge in [-0.25, -0.2) is 0 Å². The molecule has 0 spiro atoms. The fourth-order valence-corrected chi connectivity index (χ4v) is 2.43. The van der Waals surface area contributed by atoms with Gasteiger partial charge in [0.05, 0.1) is 18.8 Å². The second-order valence-corrected chi connectivity index (χ2v) is 5.35. The Morgan fingerprint density at radius 2 is 2.05 bits per heavy atom. The molecule has 7 heteroatoms. The van der Waals surface area contributed by atoms with Crippen LogP contribution in [0.5, 0.6) is 6.01 Å². The average molecular weight is 301 g/mol. The first-order chi connectivity index (χ1) is 9.69. The maximum absolute atomic E-state index is 10.1. The Kier molecular flexibility index (Phi) is 5.79. The summed E-state index contributed by atoms with van der Waals surface area (Å²) in [5.41, 5.74) is 0. The molecular formula is C13H21ClN4O2. The van der Waals surface area contributed by atoms with E-state index < -0.39 is 0 Å². The smallest absolute Gasteiger partial charge is 0.322 e. The molecule has 0 aliphatic heterocycles. The van der Waals surface area contributed by atoms with Crippen LogP contribution in [-0.4, -0.2) is 38.8 Å². The van der Waals surface area contributed by atoms with Crippen molar-refractivity contribution in [3.8, 4) is 6.01 Å². The number of hydrogen-bond acceptors (Lipinski definition) is 6. The van der Waals surface area contributed by atoms with Crippen LogP contribution < -0.4 is 10.1 Å². The summed E-state index contributed by atoms with van der Waals surface area (Å²) in [7, 11) is 0. The van der Waals surface area contributed by atoms with Crippen molar-refractivity contribution in [3.63, 3.8) is 0 Å². The fourth-order valence-electron chi connectivity index (χ4n) is 2.28. The summed E-state index contributed by atoms with van der Waals surface area (Å²) in [6.45, 7) is 2.54. The van der Waals surface area contributed by atoms with Crippen molar-refractivity contribution in [3.05, 3.63) is 5.28 Å². The van der Waals surface area contributed by atoms with Gasteiger partial charge in [0.2, 0.25) is 11.2 Å². The van der Waals surface area contributed by atoms with Crippen LogP contribution in [0.25, 0.3) is 0 Å². The van der Waals surface area contributed by atoms with E-state index in [4.69, 9.17) is 16.3 Å². The zero-order valence-corrected chi connectivity index (χ0v) is 12.4. The van der Waals surface area contributed by atoms with E-state index in [1.807, 2.05) is 6.92 Å². The molecule has 1 saturated carbocycles. The third-order valence-electron chi connectivity index (χ3n) is 3.32. The Balaban J connectivity index is 2.05. The highest BCUT2D eigenvalue weighted by molar-refractivity contribution is 6.28. The number of hydrogen-bond donors (Lipinski definition) is 2. The summed E-state index contributed by atoms with van der Waals surface area (Å²) in [5, 5.41) is 13.3. The summed E-state index contributed by atoms with van der Waals surface area (Å²) in [6.07, 6.45) is 5.49. The van der Waals surface area contributed by atoms with Gasteiger partial charge < -0.3 is 15.2 Å². The molecule has 1 aliphatic carbocycles. The van der Waals surface area contributed by atoms with Gasteiger partial charge in [0.25, 0.3) is 0 Å². The largest absolute Gasteiger partial charge is 0.463 e. The molecule has 6 nitrogen and oxygen atoms in total. The quantitative estimate of drug-likeness (QED) is 0.813. The number of ether oxygens (including phenoxy) is 1. The van der Waals surface area contributed by atoms with Crippen molar-refractivity contribution in [2.75, 3.05) is 11.9 Å². The molecule has 1 aliphatic rings. The molecule has 0 radical (unpaired) electrons. The molecular weight excluding hydrogens is 280 g/mol. The minimum atomic E-state index is -0.381. The van der Waals surface area contributed by atoms with E-state index in [-0.39, 0.29) is 23.4 Å². The van der Waals surface area contributed by atoms with Crippen molar-refractivity contribution in [2.24, 2.45) is 0 Å². The Hall–Kier alpha value is -1.14. The summed E-state index contributed by atoms with van der Waals surface area (Å²) in [6, 6.07) is 0.174. The highest BCUT2D eigenvalue weighted by Gasteiger charge is 2.22. The number of rotatable bonds is 5. The standard InChI is InChI=1S/C13H21ClN4O2/c1-2-8-20-13-17-11(14)16-12(18-13)15-9-6-4-3-5-7-10(9)19/h9-10,19H,2-8H2,1H3,(H,15,16,17,18). The predicted molar refractivity (Wildman–Crippen MR) is 77.1 cm³/mol. The number of aliphatic hydroxyl groups excluding tert-OH is 1. The van der Waals surface area contributed by atoms with E-state index in [1.54, 1.807) is 0 Å². The SMILES string of the molecule is CCCOc1nc(Cl)nc(NC2CCCCCC2O)n1. The van der Waals surface area contributed by atoms with Gasteiger partial charge in [0, 0.05) is 0 Å². The fraction of sp³-hybridized carbons (Fsp3) is 0.769. The maximum Gasteiger partial charge on any atom is 0.322 e. The van der Waals surface area contributed by atoms with Crippen LogP contribution in [0.15, 0.2) is 0 Å². The van der Waals surface area contributed by atoms with Gasteiger partial charge in [-0.05, 0) is 30.9 Å². The lowest BCUT2D eigenvalue weighted by molar-refractivity contribution is 0.144. The van der Waals surface area contributed by atoms with E-state index in [2.05, 4.69) is 20.3 Å². The first-order valence-electron chi connectivity index (χ1n) is 7.18. The molecule has 2 unspecified atom stereocenters. The molecule has 2 N–H and O–H groups in total. The van der Waals surface area contributed by atoms with Crippen LogP contribution >= 0.6 is 11.6 Å². The van der Waals surface area contributed by atoms with Crippen molar-refractivity contribution in [1.29, 1.82) is 0 Å². The summed E-state index contributed by atoms with van der Waals surface area (Å²) in [5.74, 6) is 0.363. The van der Waals surface area contributed by atoms with Gasteiger partial charge in [-0.15, -0.1) is 0 Å². The lowest BCUT2D eigenvalue weighted by Gasteiger charge is -2.21. The zero-order valence-electron chi connectivity index (χ0n) is 11.7. The average Bonchev–Trinajstić information content (AvgIpc) is 2.61. The van der Waals surface area contributed by atoms with E-state index in [0.717, 1.165) is 38.5 Å². The van der Waals surface area contributed by atoms with Gasteiger partial charge in [0.1, 0.15) is 0 Å². The van der Waals surface area contributed by atoms with Gasteiger partial charge in [-0.3, -0.25) is 0 Å². The third kappa shape index (κ3) is 4.45. The van der Waals surface area contributed by atoms with Crippen molar-refractivity contribution in [1.82, 2.24) is 15.0 Å². The van der Waals surface area contributed by atoms with E-state index in [9.17, 15) is 5.11 Å². The summed E-state index contributed by atoms with van der Waals surface area (Å²) >= 11 is 5.87. The molecule has 112 valence electrons. The Bertz CT molecular complexity index is 433. The Morgan fingerprint density at radius 1 is 1.25 bits per heavy atom. The molecule has 0 amide bonds. The number of anilines is 1. The van der Waals surface area contributed by atoms with Crippen LogP contribution in [-0.2, 0) is 0 Å². The van der Waals surface area contributed by atoms with E-state index in [0.29, 0.717) is 12.6 Å². The van der Waals surface area contributed by atoms with E-state index >= 15 is 0 Å². The molecule has 1 aromatic rings. The highest BCUT2D eigenvalue weighted by Crippen LogP contribution is 2.21. The first kappa shape index (κ1) is 15.3. The van der Waals surface area contributed by atoms with Crippen LogP contribution in [0, 0.1) is 0 Å². The minimum Gasteiger partial charge on any atom is -0.463 e. The molecule has 0 saturated heterocycles. The molecule has 2 atom stereocenters. The van der Waals surface area contributed by atoms with Crippen LogP contribution in [0.2, 0.25) is 5.28 Å². The number of nitrogens with zero attached hydrogens (tertiary/aromatic N) is 3. The molecule has 1 heterocycles. The second-order valence-electron chi connectivity index (χ2n) is 5.02. The normalized spacial score (nSPS) is 23.1. The van der Waals surface area contributed by atoms with Crippen molar-refractivity contribution < 1.29 is 9.84 Å². The van der Waals surface area contributed by atoms with Gasteiger partial charge in [-0.1, -0.05) is 26.2 Å².